The predicted molar refractivity (Wildman–Crippen MR) is 76.7 cm³/mol. The van der Waals surface area contributed by atoms with Gasteiger partial charge in [-0.25, -0.2) is 0 Å². The molecule has 2 aromatic carbocycles. The summed E-state index contributed by atoms with van der Waals surface area (Å²) in [4.78, 5) is 2.15. The van der Waals surface area contributed by atoms with Gasteiger partial charge in [-0.2, -0.15) is 0 Å². The van der Waals surface area contributed by atoms with Crippen LogP contribution >= 0.6 is 0 Å². The third-order valence-corrected chi connectivity index (χ3v) is 3.73. The van der Waals surface area contributed by atoms with E-state index in [1.165, 1.54) is 5.56 Å². The fourth-order valence-electron chi connectivity index (χ4n) is 2.36. The maximum absolute atomic E-state index is 11.6. The minimum atomic E-state index is -0.127. The maximum atomic E-state index is 11.6. The second kappa shape index (κ2) is 8.29. The van der Waals surface area contributed by atoms with Crippen molar-refractivity contribution in [3.63, 3.8) is 0 Å². The Bertz CT molecular complexity index is 489. The van der Waals surface area contributed by atoms with Crippen molar-refractivity contribution >= 4 is 0 Å². The van der Waals surface area contributed by atoms with Crippen molar-refractivity contribution < 1.29 is 24.0 Å². The zero-order chi connectivity index (χ0) is 13.7. The minimum absolute atomic E-state index is 0. The Morgan fingerprint density at radius 1 is 0.900 bits per heavy atom. The molecule has 0 amide bonds. The molecule has 0 spiro atoms. The average Bonchev–Trinajstić information content (AvgIpc) is 2.49. The summed E-state index contributed by atoms with van der Waals surface area (Å²) in [5.41, 5.74) is 2.32. The molecule has 0 bridgehead atoms. The van der Waals surface area contributed by atoms with Gasteiger partial charge in [0.25, 0.3) is 0 Å². The van der Waals surface area contributed by atoms with Crippen molar-refractivity contribution in [2.45, 2.75) is 19.0 Å². The Morgan fingerprint density at radius 2 is 1.35 bits per heavy atom. The van der Waals surface area contributed by atoms with Gasteiger partial charge in [0.15, 0.2) is 0 Å². The molecule has 0 unspecified atom stereocenters. The molecule has 2 rings (SSSR count). The molecule has 2 atom stereocenters. The smallest absolute Gasteiger partial charge is 0.853 e. The van der Waals surface area contributed by atoms with Gasteiger partial charge in [-0.05, 0) is 25.1 Å². The Kier molecular flexibility index (Phi) is 7.05. The normalized spacial score (nSPS) is 13.6. The molecule has 0 aliphatic rings. The SMILES string of the molecule is C[C@@H](c1ccccc1)N(C)[C@@H](C[O-])c1ccccc1.[Li+]. The molecule has 0 radical (unpaired) electrons. The largest absolute Gasteiger partial charge is 1.00 e. The van der Waals surface area contributed by atoms with Crippen LogP contribution in [0.25, 0.3) is 0 Å². The summed E-state index contributed by atoms with van der Waals surface area (Å²) in [6.07, 6.45) is 0. The summed E-state index contributed by atoms with van der Waals surface area (Å²) in [7, 11) is 2.02. The van der Waals surface area contributed by atoms with Crippen LogP contribution in [0.3, 0.4) is 0 Å². The number of nitrogens with zero attached hydrogens (tertiary/aromatic N) is 1. The molecule has 0 heterocycles. The van der Waals surface area contributed by atoms with Crippen LogP contribution in [0, 0.1) is 0 Å². The van der Waals surface area contributed by atoms with Crippen LogP contribution in [-0.4, -0.2) is 18.6 Å². The number of hydrogen-bond donors (Lipinski definition) is 0. The van der Waals surface area contributed by atoms with E-state index in [2.05, 4.69) is 24.0 Å². The van der Waals surface area contributed by atoms with E-state index in [-0.39, 0.29) is 37.6 Å². The fourth-order valence-corrected chi connectivity index (χ4v) is 2.36. The van der Waals surface area contributed by atoms with E-state index < -0.39 is 0 Å². The Balaban J connectivity index is 0.00000200. The second-order valence-electron chi connectivity index (χ2n) is 4.85. The first-order valence-corrected chi connectivity index (χ1v) is 6.64. The van der Waals surface area contributed by atoms with E-state index in [0.29, 0.717) is 0 Å². The maximum Gasteiger partial charge on any atom is 1.00 e. The summed E-state index contributed by atoms with van der Waals surface area (Å²) in [5.74, 6) is 0. The molecule has 2 aromatic rings. The van der Waals surface area contributed by atoms with Gasteiger partial charge in [0.1, 0.15) is 0 Å². The zero-order valence-corrected chi connectivity index (χ0v) is 12.5. The van der Waals surface area contributed by atoms with Gasteiger partial charge in [-0.3, -0.25) is 4.90 Å². The number of likely N-dealkylation sites (N-methyl/N-ethyl adjacent to an activating group) is 1. The molecule has 0 saturated heterocycles. The molecule has 3 heteroatoms. The van der Waals surface area contributed by atoms with E-state index in [1.807, 2.05) is 55.6 Å². The van der Waals surface area contributed by atoms with Crippen molar-refractivity contribution in [1.29, 1.82) is 0 Å². The van der Waals surface area contributed by atoms with Crippen LogP contribution in [0.5, 0.6) is 0 Å². The second-order valence-corrected chi connectivity index (χ2v) is 4.85. The monoisotopic (exact) mass is 261 g/mol. The number of hydrogen-bond acceptors (Lipinski definition) is 2. The molecule has 0 fully saturated rings. The Morgan fingerprint density at radius 3 is 1.80 bits per heavy atom. The first kappa shape index (κ1) is 17.0. The van der Waals surface area contributed by atoms with Crippen molar-refractivity contribution in [2.24, 2.45) is 0 Å². The number of benzene rings is 2. The van der Waals surface area contributed by atoms with Gasteiger partial charge in [-0.15, -0.1) is 6.61 Å². The van der Waals surface area contributed by atoms with Gasteiger partial charge in [0.2, 0.25) is 0 Å². The van der Waals surface area contributed by atoms with Gasteiger partial charge in [-0.1, -0.05) is 60.7 Å². The standard InChI is InChI=1S/C17H20NO.Li/c1-14(15-9-5-3-6-10-15)18(2)17(13-19)16-11-7-4-8-12-16;/h3-12,14,17H,13H2,1-2H3;/q-1;+1/t14-,17-;/m0./s1. The summed E-state index contributed by atoms with van der Waals surface area (Å²) in [6, 6.07) is 20.4. The van der Waals surface area contributed by atoms with E-state index in [0.717, 1.165) is 5.56 Å². The molecule has 0 saturated carbocycles. The van der Waals surface area contributed by atoms with Gasteiger partial charge in [0, 0.05) is 12.1 Å². The molecular formula is C17H20LiNO. The number of rotatable bonds is 5. The Hall–Kier alpha value is -1.04. The van der Waals surface area contributed by atoms with Gasteiger partial charge >= 0.3 is 18.9 Å². The molecule has 100 valence electrons. The van der Waals surface area contributed by atoms with Gasteiger partial charge < -0.3 is 5.11 Å². The summed E-state index contributed by atoms with van der Waals surface area (Å²) >= 11 is 0. The van der Waals surface area contributed by atoms with E-state index in [4.69, 9.17) is 0 Å². The predicted octanol–water partition coefficient (Wildman–Crippen LogP) is -0.215. The summed E-state index contributed by atoms with van der Waals surface area (Å²) < 4.78 is 0. The van der Waals surface area contributed by atoms with Crippen LogP contribution in [0.4, 0.5) is 0 Å². The van der Waals surface area contributed by atoms with E-state index in [9.17, 15) is 5.11 Å². The summed E-state index contributed by atoms with van der Waals surface area (Å²) in [6.45, 7) is 2.01. The van der Waals surface area contributed by atoms with Crippen LogP contribution in [0.1, 0.15) is 30.1 Å². The summed E-state index contributed by atoms with van der Waals surface area (Å²) in [5, 5.41) is 11.6. The van der Waals surface area contributed by atoms with Crippen LogP contribution < -0.4 is 24.0 Å². The minimum Gasteiger partial charge on any atom is -0.853 e. The topological polar surface area (TPSA) is 26.3 Å². The molecule has 0 aromatic heterocycles. The van der Waals surface area contributed by atoms with Crippen molar-refractivity contribution in [3.05, 3.63) is 71.8 Å². The first-order valence-electron chi connectivity index (χ1n) is 6.64. The molecule has 0 aliphatic carbocycles. The molecule has 0 aliphatic heterocycles. The van der Waals surface area contributed by atoms with Crippen molar-refractivity contribution in [3.8, 4) is 0 Å². The van der Waals surface area contributed by atoms with Crippen LogP contribution in [0.15, 0.2) is 60.7 Å². The quantitative estimate of drug-likeness (QED) is 0.696. The van der Waals surface area contributed by atoms with Crippen molar-refractivity contribution in [1.82, 2.24) is 4.90 Å². The third kappa shape index (κ3) is 3.98. The van der Waals surface area contributed by atoms with Crippen LogP contribution in [-0.2, 0) is 0 Å². The van der Waals surface area contributed by atoms with Gasteiger partial charge in [0.05, 0.1) is 0 Å². The van der Waals surface area contributed by atoms with E-state index >= 15 is 0 Å². The molecule has 0 N–H and O–H groups in total. The molecule has 2 nitrogen and oxygen atoms in total. The first-order chi connectivity index (χ1) is 9.24. The fraction of sp³-hybridized carbons (Fsp3) is 0.294. The Labute approximate surface area is 133 Å². The van der Waals surface area contributed by atoms with Crippen LogP contribution in [0.2, 0.25) is 0 Å². The average molecular weight is 261 g/mol. The molecular weight excluding hydrogens is 241 g/mol. The zero-order valence-electron chi connectivity index (χ0n) is 12.5. The molecule has 20 heavy (non-hydrogen) atoms. The van der Waals surface area contributed by atoms with Crippen molar-refractivity contribution in [2.75, 3.05) is 13.7 Å². The third-order valence-electron chi connectivity index (χ3n) is 3.73. The van der Waals surface area contributed by atoms with E-state index in [1.54, 1.807) is 0 Å².